The molecule has 0 atom stereocenters. The maximum Gasteiger partial charge on any atom is 0.254 e. The Morgan fingerprint density at radius 3 is 2.22 bits per heavy atom. The zero-order valence-electron chi connectivity index (χ0n) is 20.5. The van der Waals surface area contributed by atoms with Crippen LogP contribution in [-0.4, -0.2) is 19.2 Å². The minimum Gasteiger partial charge on any atom is -0.388 e. The van der Waals surface area contributed by atoms with Crippen LogP contribution in [0.15, 0.2) is 72.4 Å². The Morgan fingerprint density at radius 2 is 1.56 bits per heavy atom. The highest BCUT2D eigenvalue weighted by atomic mass is 19.1. The van der Waals surface area contributed by atoms with Gasteiger partial charge in [-0.2, -0.15) is 0 Å². The van der Waals surface area contributed by atoms with E-state index in [1.165, 1.54) is 18.2 Å². The first-order valence-corrected chi connectivity index (χ1v) is 11.6. The van der Waals surface area contributed by atoms with Gasteiger partial charge in [0.2, 0.25) is 0 Å². The Labute approximate surface area is 210 Å². The summed E-state index contributed by atoms with van der Waals surface area (Å²) >= 11 is 0. The SMILES string of the molecule is C=O.CCc1cccc(/C(C(=O)NCc2c(F)cccc2CF)=C(\C)NCCc2ccccc2)c1F. The third-order valence-electron chi connectivity index (χ3n) is 5.76. The molecule has 4 nitrogen and oxygen atoms in total. The fourth-order valence-electron chi connectivity index (χ4n) is 3.85. The highest BCUT2D eigenvalue weighted by Gasteiger charge is 2.21. The van der Waals surface area contributed by atoms with Crippen molar-refractivity contribution in [2.45, 2.75) is 39.9 Å². The molecule has 7 heteroatoms. The van der Waals surface area contributed by atoms with Crippen molar-refractivity contribution in [1.82, 2.24) is 10.6 Å². The van der Waals surface area contributed by atoms with Gasteiger partial charge in [-0.1, -0.05) is 67.6 Å². The van der Waals surface area contributed by atoms with E-state index >= 15 is 4.39 Å². The number of hydrogen-bond acceptors (Lipinski definition) is 3. The lowest BCUT2D eigenvalue weighted by Crippen LogP contribution is -2.28. The Bertz CT molecular complexity index is 1180. The molecule has 3 aromatic carbocycles. The van der Waals surface area contributed by atoms with Crippen LogP contribution in [0, 0.1) is 11.6 Å². The first-order chi connectivity index (χ1) is 17.5. The molecule has 0 aliphatic carbocycles. The van der Waals surface area contributed by atoms with Gasteiger partial charge in [-0.15, -0.1) is 0 Å². The van der Waals surface area contributed by atoms with E-state index in [0.29, 0.717) is 24.2 Å². The average molecular weight is 497 g/mol. The van der Waals surface area contributed by atoms with Crippen LogP contribution in [0.2, 0.25) is 0 Å². The van der Waals surface area contributed by atoms with Crippen LogP contribution in [0.3, 0.4) is 0 Å². The third kappa shape index (κ3) is 7.31. The number of alkyl halides is 1. The van der Waals surface area contributed by atoms with Gasteiger partial charge in [-0.25, -0.2) is 13.2 Å². The number of carbonyl (C=O) groups excluding carboxylic acids is 2. The monoisotopic (exact) mass is 496 g/mol. The number of hydrogen-bond donors (Lipinski definition) is 2. The van der Waals surface area contributed by atoms with Crippen LogP contribution in [-0.2, 0) is 35.7 Å². The first-order valence-electron chi connectivity index (χ1n) is 11.6. The molecular formula is C29H31F3N2O2. The standard InChI is InChI=1S/C28H29F3N2O.CH2O/c1-3-21-11-7-13-23(27(21)31)26(19(2)32-16-15-20-9-5-4-6-10-20)28(34)33-18-24-22(17-29)12-8-14-25(24)30;1-2/h4-14,32H,3,15-18H2,1-2H3,(H,33,34);1H2/b26-19-;. The van der Waals surface area contributed by atoms with Crippen LogP contribution < -0.4 is 10.6 Å². The van der Waals surface area contributed by atoms with E-state index in [1.807, 2.05) is 44.0 Å². The minimum atomic E-state index is -0.848. The fraction of sp³-hybridized carbons (Fsp3) is 0.241. The van der Waals surface area contributed by atoms with Gasteiger partial charge in [-0.05, 0) is 42.5 Å². The van der Waals surface area contributed by atoms with Crippen molar-refractivity contribution in [3.63, 3.8) is 0 Å². The summed E-state index contributed by atoms with van der Waals surface area (Å²) in [6.07, 6.45) is 1.20. The predicted molar refractivity (Wildman–Crippen MR) is 137 cm³/mol. The average Bonchev–Trinajstić information content (AvgIpc) is 2.90. The molecule has 0 heterocycles. The van der Waals surface area contributed by atoms with Crippen molar-refractivity contribution >= 4 is 18.3 Å². The van der Waals surface area contributed by atoms with Gasteiger partial charge in [0.1, 0.15) is 25.1 Å². The van der Waals surface area contributed by atoms with Gasteiger partial charge in [0.15, 0.2) is 0 Å². The van der Waals surface area contributed by atoms with E-state index in [1.54, 1.807) is 25.1 Å². The van der Waals surface area contributed by atoms with Crippen molar-refractivity contribution in [3.8, 4) is 0 Å². The Balaban J connectivity index is 0.00000222. The summed E-state index contributed by atoms with van der Waals surface area (Å²) < 4.78 is 42.8. The second-order valence-corrected chi connectivity index (χ2v) is 7.99. The molecule has 0 radical (unpaired) electrons. The van der Waals surface area contributed by atoms with Gasteiger partial charge in [0.05, 0.1) is 5.57 Å². The maximum atomic E-state index is 15.2. The number of carbonyl (C=O) groups is 2. The summed E-state index contributed by atoms with van der Waals surface area (Å²) in [7, 11) is 0. The maximum absolute atomic E-state index is 15.2. The minimum absolute atomic E-state index is 0.0789. The second kappa shape index (κ2) is 14.5. The number of aryl methyl sites for hydroxylation is 1. The fourth-order valence-corrected chi connectivity index (χ4v) is 3.85. The zero-order valence-corrected chi connectivity index (χ0v) is 20.5. The van der Waals surface area contributed by atoms with Crippen molar-refractivity contribution in [2.24, 2.45) is 0 Å². The van der Waals surface area contributed by atoms with Crippen LogP contribution in [0.25, 0.3) is 5.57 Å². The van der Waals surface area contributed by atoms with E-state index < -0.39 is 24.2 Å². The van der Waals surface area contributed by atoms with Crippen LogP contribution >= 0.6 is 0 Å². The summed E-state index contributed by atoms with van der Waals surface area (Å²) in [5.41, 5.74) is 2.68. The van der Waals surface area contributed by atoms with Crippen molar-refractivity contribution in [3.05, 3.63) is 112 Å². The second-order valence-electron chi connectivity index (χ2n) is 7.99. The number of rotatable bonds is 10. The zero-order chi connectivity index (χ0) is 26.5. The molecule has 36 heavy (non-hydrogen) atoms. The van der Waals surface area contributed by atoms with E-state index in [-0.39, 0.29) is 28.8 Å². The molecular weight excluding hydrogens is 465 g/mol. The molecule has 190 valence electrons. The van der Waals surface area contributed by atoms with E-state index in [0.717, 1.165) is 12.0 Å². The number of benzene rings is 3. The molecule has 0 fully saturated rings. The first kappa shape index (κ1) is 28.4. The highest BCUT2D eigenvalue weighted by molar-refractivity contribution is 6.20. The van der Waals surface area contributed by atoms with Gasteiger partial charge < -0.3 is 15.4 Å². The molecule has 0 aliphatic rings. The summed E-state index contributed by atoms with van der Waals surface area (Å²) in [6, 6.07) is 18.9. The number of halogens is 3. The molecule has 0 aromatic heterocycles. The molecule has 2 N–H and O–H groups in total. The summed E-state index contributed by atoms with van der Waals surface area (Å²) in [5.74, 6) is -1.63. The predicted octanol–water partition coefficient (Wildman–Crippen LogP) is 5.69. The molecule has 0 saturated heterocycles. The van der Waals surface area contributed by atoms with Crippen LogP contribution in [0.5, 0.6) is 0 Å². The molecule has 1 amide bonds. The lowest BCUT2D eigenvalue weighted by molar-refractivity contribution is -0.115. The van der Waals surface area contributed by atoms with Gasteiger partial charge in [0.25, 0.3) is 5.91 Å². The van der Waals surface area contributed by atoms with Crippen molar-refractivity contribution in [1.29, 1.82) is 0 Å². The van der Waals surface area contributed by atoms with Crippen LogP contribution in [0.1, 0.15) is 41.7 Å². The normalized spacial score (nSPS) is 11.1. The summed E-state index contributed by atoms with van der Waals surface area (Å²) in [4.78, 5) is 21.3. The largest absolute Gasteiger partial charge is 0.388 e. The van der Waals surface area contributed by atoms with Gasteiger partial charge in [0, 0.05) is 29.9 Å². The molecule has 3 rings (SSSR count). The Morgan fingerprint density at radius 1 is 0.889 bits per heavy atom. The lowest BCUT2D eigenvalue weighted by Gasteiger charge is -2.17. The molecule has 0 bridgehead atoms. The van der Waals surface area contributed by atoms with Crippen molar-refractivity contribution in [2.75, 3.05) is 6.54 Å². The smallest absolute Gasteiger partial charge is 0.254 e. The van der Waals surface area contributed by atoms with Gasteiger partial charge >= 0.3 is 0 Å². The van der Waals surface area contributed by atoms with E-state index in [2.05, 4.69) is 10.6 Å². The summed E-state index contributed by atoms with van der Waals surface area (Å²) in [5, 5.41) is 5.88. The molecule has 0 unspecified atom stereocenters. The Hall–Kier alpha value is -3.87. The highest BCUT2D eigenvalue weighted by Crippen LogP contribution is 2.25. The number of allylic oxidation sites excluding steroid dienone is 1. The molecule has 3 aromatic rings. The topological polar surface area (TPSA) is 58.2 Å². The number of amides is 1. The molecule has 0 aliphatic heterocycles. The van der Waals surface area contributed by atoms with E-state index in [4.69, 9.17) is 4.79 Å². The Kier molecular flexibility index (Phi) is 11.4. The lowest BCUT2D eigenvalue weighted by atomic mass is 9.98. The quantitative estimate of drug-likeness (QED) is 0.355. The molecule has 0 spiro atoms. The van der Waals surface area contributed by atoms with Crippen LogP contribution in [0.4, 0.5) is 13.2 Å². The molecule has 0 saturated carbocycles. The van der Waals surface area contributed by atoms with Crippen molar-refractivity contribution < 1.29 is 22.8 Å². The summed E-state index contributed by atoms with van der Waals surface area (Å²) in [6.45, 7) is 5.04. The number of nitrogens with one attached hydrogen (secondary N) is 2. The van der Waals surface area contributed by atoms with Gasteiger partial charge in [-0.3, -0.25) is 4.79 Å². The third-order valence-corrected chi connectivity index (χ3v) is 5.76. The van der Waals surface area contributed by atoms with E-state index in [9.17, 15) is 13.6 Å².